The molecule has 1 amide bonds. The maximum atomic E-state index is 12.6. The highest BCUT2D eigenvalue weighted by Crippen LogP contribution is 2.23. The molecular formula is C18H20N2O3S. The highest BCUT2D eigenvalue weighted by atomic mass is 32.2. The summed E-state index contributed by atoms with van der Waals surface area (Å²) in [6, 6.07) is 13.7. The van der Waals surface area contributed by atoms with E-state index >= 15 is 0 Å². The fourth-order valence-corrected chi connectivity index (χ4v) is 4.41. The maximum Gasteiger partial charge on any atom is 0.245 e. The van der Waals surface area contributed by atoms with E-state index in [-0.39, 0.29) is 10.8 Å². The van der Waals surface area contributed by atoms with Crippen molar-refractivity contribution in [2.45, 2.75) is 31.2 Å². The molecule has 2 aromatic carbocycles. The predicted molar refractivity (Wildman–Crippen MR) is 93.4 cm³/mol. The van der Waals surface area contributed by atoms with Gasteiger partial charge in [-0.1, -0.05) is 24.3 Å². The second kappa shape index (κ2) is 6.37. The lowest BCUT2D eigenvalue weighted by atomic mass is 10.2. The lowest BCUT2D eigenvalue weighted by molar-refractivity contribution is -0.118. The Bertz CT molecular complexity index is 843. The van der Waals surface area contributed by atoms with Gasteiger partial charge in [-0.25, -0.2) is 8.42 Å². The maximum absolute atomic E-state index is 12.6. The summed E-state index contributed by atoms with van der Waals surface area (Å²) in [5, 5.41) is 0. The Kier molecular flexibility index (Phi) is 4.43. The predicted octanol–water partition coefficient (Wildman–Crippen LogP) is 2.39. The second-order valence-corrected chi connectivity index (χ2v) is 7.83. The van der Waals surface area contributed by atoms with Crippen LogP contribution in [0.25, 0.3) is 0 Å². The van der Waals surface area contributed by atoms with Gasteiger partial charge in [-0.15, -0.1) is 0 Å². The van der Waals surface area contributed by atoms with Crippen LogP contribution in [0.4, 0.5) is 5.69 Å². The van der Waals surface area contributed by atoms with Gasteiger partial charge in [0.1, 0.15) is 6.04 Å². The largest absolute Gasteiger partial charge is 0.311 e. The fourth-order valence-electron chi connectivity index (χ4n) is 3.00. The van der Waals surface area contributed by atoms with Gasteiger partial charge in [-0.05, 0) is 55.7 Å². The molecule has 0 bridgehead atoms. The molecular weight excluding hydrogens is 324 g/mol. The highest BCUT2D eigenvalue weighted by Gasteiger charge is 2.35. The van der Waals surface area contributed by atoms with Crippen molar-refractivity contribution in [2.24, 2.45) is 0 Å². The molecule has 6 heteroatoms. The number of rotatable bonds is 4. The number of carbonyl (C=O) groups is 1. The van der Waals surface area contributed by atoms with Crippen molar-refractivity contribution in [3.63, 3.8) is 0 Å². The normalized spacial score (nSPS) is 18.2. The third kappa shape index (κ3) is 3.34. The van der Waals surface area contributed by atoms with E-state index in [2.05, 4.69) is 4.72 Å². The van der Waals surface area contributed by atoms with Crippen LogP contribution >= 0.6 is 0 Å². The van der Waals surface area contributed by atoms with Crippen molar-refractivity contribution in [2.75, 3.05) is 11.4 Å². The second-order valence-electron chi connectivity index (χ2n) is 6.11. The zero-order valence-electron chi connectivity index (χ0n) is 13.7. The smallest absolute Gasteiger partial charge is 0.245 e. The topological polar surface area (TPSA) is 66.5 Å². The summed E-state index contributed by atoms with van der Waals surface area (Å²) in [7, 11) is -3.72. The quantitative estimate of drug-likeness (QED) is 0.926. The minimum absolute atomic E-state index is 0.200. The van der Waals surface area contributed by atoms with Crippen LogP contribution in [0.15, 0.2) is 53.4 Å². The third-order valence-electron chi connectivity index (χ3n) is 4.08. The molecule has 1 fully saturated rings. The molecule has 24 heavy (non-hydrogen) atoms. The number of carbonyl (C=O) groups excluding carboxylic acids is 1. The van der Waals surface area contributed by atoms with E-state index in [4.69, 9.17) is 0 Å². The Hall–Kier alpha value is -2.18. The molecule has 1 heterocycles. The summed E-state index contributed by atoms with van der Waals surface area (Å²) in [5.41, 5.74) is 2.54. The van der Waals surface area contributed by atoms with Gasteiger partial charge < -0.3 is 4.90 Å². The molecule has 0 radical (unpaired) electrons. The molecule has 3 rings (SSSR count). The average Bonchev–Trinajstić information content (AvgIpc) is 2.88. The number of hydrogen-bond donors (Lipinski definition) is 1. The molecule has 0 aromatic heterocycles. The lowest BCUT2D eigenvalue weighted by Crippen LogP contribution is -2.41. The molecule has 0 saturated carbocycles. The van der Waals surface area contributed by atoms with E-state index in [1.54, 1.807) is 17.0 Å². The van der Waals surface area contributed by atoms with Crippen LogP contribution < -0.4 is 9.62 Å². The summed E-state index contributed by atoms with van der Waals surface area (Å²) in [5.74, 6) is -0.214. The van der Waals surface area contributed by atoms with Crippen molar-refractivity contribution in [1.29, 1.82) is 0 Å². The van der Waals surface area contributed by atoms with Crippen molar-refractivity contribution < 1.29 is 13.2 Å². The molecule has 1 atom stereocenters. The van der Waals surface area contributed by atoms with E-state index in [1.165, 1.54) is 0 Å². The number of anilines is 1. The molecule has 2 aromatic rings. The van der Waals surface area contributed by atoms with Crippen molar-refractivity contribution in [3.05, 3.63) is 59.7 Å². The number of amides is 1. The lowest BCUT2D eigenvalue weighted by Gasteiger charge is -2.17. The molecule has 1 aliphatic rings. The van der Waals surface area contributed by atoms with E-state index < -0.39 is 16.1 Å². The van der Waals surface area contributed by atoms with Crippen LogP contribution in [0.5, 0.6) is 0 Å². The number of hydrogen-bond acceptors (Lipinski definition) is 3. The van der Waals surface area contributed by atoms with Crippen LogP contribution in [-0.4, -0.2) is 26.9 Å². The minimum Gasteiger partial charge on any atom is -0.311 e. The van der Waals surface area contributed by atoms with Gasteiger partial charge in [-0.2, -0.15) is 4.72 Å². The van der Waals surface area contributed by atoms with Gasteiger partial charge in [-0.3, -0.25) is 4.79 Å². The highest BCUT2D eigenvalue weighted by molar-refractivity contribution is 7.89. The first-order valence-corrected chi connectivity index (χ1v) is 9.32. The molecule has 0 spiro atoms. The van der Waals surface area contributed by atoms with E-state index in [0.29, 0.717) is 13.0 Å². The molecule has 126 valence electrons. The van der Waals surface area contributed by atoms with Gasteiger partial charge in [0.15, 0.2) is 0 Å². The van der Waals surface area contributed by atoms with Crippen molar-refractivity contribution >= 4 is 21.6 Å². The first-order valence-electron chi connectivity index (χ1n) is 7.84. The monoisotopic (exact) mass is 344 g/mol. The first kappa shape index (κ1) is 16.7. The Morgan fingerprint density at radius 2 is 1.67 bits per heavy atom. The van der Waals surface area contributed by atoms with Gasteiger partial charge in [0.05, 0.1) is 4.90 Å². The Morgan fingerprint density at radius 1 is 1.04 bits per heavy atom. The molecule has 0 aliphatic carbocycles. The Morgan fingerprint density at radius 3 is 2.29 bits per heavy atom. The third-order valence-corrected chi connectivity index (χ3v) is 5.53. The van der Waals surface area contributed by atoms with Crippen LogP contribution in [0.1, 0.15) is 17.5 Å². The molecule has 1 aliphatic heterocycles. The summed E-state index contributed by atoms with van der Waals surface area (Å²) in [6.07, 6.45) is 0.456. The van der Waals surface area contributed by atoms with Crippen LogP contribution in [0.3, 0.4) is 0 Å². The first-order chi connectivity index (χ1) is 11.4. The van der Waals surface area contributed by atoms with Crippen LogP contribution in [-0.2, 0) is 14.8 Å². The van der Waals surface area contributed by atoms with Gasteiger partial charge in [0.25, 0.3) is 0 Å². The number of aryl methyl sites for hydroxylation is 2. The average molecular weight is 344 g/mol. The Labute approximate surface area is 142 Å². The Balaban J connectivity index is 1.80. The SMILES string of the molecule is Cc1cc(C)cc(S(=O)(=O)NC2CCN(c3ccccc3)C2=O)c1. The van der Waals surface area contributed by atoms with Crippen LogP contribution in [0, 0.1) is 13.8 Å². The fraction of sp³-hybridized carbons (Fsp3) is 0.278. The zero-order valence-corrected chi connectivity index (χ0v) is 14.5. The van der Waals surface area contributed by atoms with E-state index in [9.17, 15) is 13.2 Å². The molecule has 1 unspecified atom stereocenters. The number of nitrogens with zero attached hydrogens (tertiary/aromatic N) is 1. The van der Waals surface area contributed by atoms with Gasteiger partial charge in [0, 0.05) is 12.2 Å². The number of benzene rings is 2. The number of nitrogens with one attached hydrogen (secondary N) is 1. The van der Waals surface area contributed by atoms with Crippen LogP contribution in [0.2, 0.25) is 0 Å². The minimum atomic E-state index is -3.72. The summed E-state index contributed by atoms with van der Waals surface area (Å²) >= 11 is 0. The van der Waals surface area contributed by atoms with E-state index in [1.807, 2.05) is 50.2 Å². The standard InChI is InChI=1S/C18H20N2O3S/c1-13-10-14(2)12-16(11-13)24(22,23)19-17-8-9-20(18(17)21)15-6-4-3-5-7-15/h3-7,10-12,17,19H,8-9H2,1-2H3. The van der Waals surface area contributed by atoms with Gasteiger partial charge >= 0.3 is 0 Å². The summed E-state index contributed by atoms with van der Waals surface area (Å²) < 4.78 is 27.8. The van der Waals surface area contributed by atoms with Crippen molar-refractivity contribution in [3.8, 4) is 0 Å². The summed E-state index contributed by atoms with van der Waals surface area (Å²) in [4.78, 5) is 14.4. The van der Waals surface area contributed by atoms with Gasteiger partial charge in [0.2, 0.25) is 15.9 Å². The van der Waals surface area contributed by atoms with E-state index in [0.717, 1.165) is 16.8 Å². The molecule has 1 N–H and O–H groups in total. The van der Waals surface area contributed by atoms with Crippen molar-refractivity contribution in [1.82, 2.24) is 4.72 Å². The number of para-hydroxylation sites is 1. The number of sulfonamides is 1. The zero-order chi connectivity index (χ0) is 17.3. The summed E-state index contributed by atoms with van der Waals surface area (Å²) in [6.45, 7) is 4.20. The molecule has 1 saturated heterocycles. The molecule has 5 nitrogen and oxygen atoms in total.